The van der Waals surface area contributed by atoms with Crippen molar-refractivity contribution in [1.82, 2.24) is 9.88 Å². The standard InChI is InChI=1S/C24H30N2O4/c1-24(2,3)30-23(27)26-10-9-19(26)16-29-21-11-17(13-25-14-21)22-12-18(22)15-28-20-7-5-4-6-8-20/h4-8,11,13-14,18-19,22H,9-10,12,15-16H2,1-3H3/t18-,19+,22-/m1/s1. The van der Waals surface area contributed by atoms with Crippen molar-refractivity contribution < 1.29 is 19.0 Å². The molecule has 0 spiro atoms. The van der Waals surface area contributed by atoms with Crippen LogP contribution in [0.25, 0.3) is 0 Å². The number of hydrogen-bond donors (Lipinski definition) is 0. The number of aromatic nitrogens is 1. The van der Waals surface area contributed by atoms with Crippen LogP contribution in [0.4, 0.5) is 4.79 Å². The molecule has 0 bridgehead atoms. The zero-order valence-electron chi connectivity index (χ0n) is 17.9. The zero-order valence-corrected chi connectivity index (χ0v) is 17.9. The van der Waals surface area contributed by atoms with E-state index in [2.05, 4.69) is 11.1 Å². The molecular weight excluding hydrogens is 380 g/mol. The van der Waals surface area contributed by atoms with Crippen LogP contribution in [0.2, 0.25) is 0 Å². The van der Waals surface area contributed by atoms with E-state index in [9.17, 15) is 4.79 Å². The van der Waals surface area contributed by atoms with Crippen molar-refractivity contribution in [2.24, 2.45) is 5.92 Å². The number of ether oxygens (including phenoxy) is 3. The van der Waals surface area contributed by atoms with Gasteiger partial charge in [-0.25, -0.2) is 4.79 Å². The molecule has 1 aromatic heterocycles. The van der Waals surface area contributed by atoms with Crippen LogP contribution in [0.5, 0.6) is 11.5 Å². The Labute approximate surface area is 178 Å². The monoisotopic (exact) mass is 410 g/mol. The Bertz CT molecular complexity index is 865. The number of carbonyl (C=O) groups excluding carboxylic acids is 1. The van der Waals surface area contributed by atoms with Crippen LogP contribution in [0, 0.1) is 5.92 Å². The molecule has 0 radical (unpaired) electrons. The predicted molar refractivity (Wildman–Crippen MR) is 114 cm³/mol. The van der Waals surface area contributed by atoms with E-state index in [0.29, 0.717) is 31.6 Å². The summed E-state index contributed by atoms with van der Waals surface area (Å²) in [4.78, 5) is 18.3. The molecule has 2 heterocycles. The SMILES string of the molecule is CC(C)(C)OC(=O)N1CC[C@H]1COc1cncc([C@H]2C[C@@H]2COc2ccccc2)c1. The van der Waals surface area contributed by atoms with Gasteiger partial charge in [0.05, 0.1) is 18.8 Å². The quantitative estimate of drug-likeness (QED) is 0.665. The first-order valence-corrected chi connectivity index (χ1v) is 10.6. The van der Waals surface area contributed by atoms with E-state index < -0.39 is 5.60 Å². The van der Waals surface area contributed by atoms with E-state index in [1.54, 1.807) is 11.1 Å². The smallest absolute Gasteiger partial charge is 0.410 e. The molecule has 1 saturated carbocycles. The average Bonchev–Trinajstić information content (AvgIpc) is 3.45. The third-order valence-electron chi connectivity index (χ3n) is 5.51. The van der Waals surface area contributed by atoms with Gasteiger partial charge in [-0.3, -0.25) is 4.98 Å². The number of carbonyl (C=O) groups is 1. The first kappa shape index (κ1) is 20.5. The molecule has 0 N–H and O–H groups in total. The molecule has 6 nitrogen and oxygen atoms in total. The van der Waals surface area contributed by atoms with E-state index in [-0.39, 0.29) is 12.1 Å². The summed E-state index contributed by atoms with van der Waals surface area (Å²) in [6.45, 7) is 7.52. The van der Waals surface area contributed by atoms with E-state index in [1.165, 1.54) is 5.56 Å². The van der Waals surface area contributed by atoms with Crippen LogP contribution in [0.15, 0.2) is 48.8 Å². The maximum Gasteiger partial charge on any atom is 0.410 e. The average molecular weight is 411 g/mol. The third kappa shape index (κ3) is 5.23. The first-order valence-electron chi connectivity index (χ1n) is 10.6. The Hall–Kier alpha value is -2.76. The van der Waals surface area contributed by atoms with E-state index >= 15 is 0 Å². The van der Waals surface area contributed by atoms with Gasteiger partial charge in [0.1, 0.15) is 23.7 Å². The Balaban J connectivity index is 1.25. The fourth-order valence-corrected chi connectivity index (χ4v) is 3.64. The second-order valence-corrected chi connectivity index (χ2v) is 9.11. The normalized spacial score (nSPS) is 22.8. The van der Waals surface area contributed by atoms with Crippen molar-refractivity contribution in [1.29, 1.82) is 0 Å². The third-order valence-corrected chi connectivity index (χ3v) is 5.51. The number of para-hydroxylation sites is 1. The fraction of sp³-hybridized carbons (Fsp3) is 0.500. The molecule has 4 rings (SSSR count). The van der Waals surface area contributed by atoms with Gasteiger partial charge in [-0.1, -0.05) is 18.2 Å². The number of amides is 1. The van der Waals surface area contributed by atoms with Gasteiger partial charge in [0, 0.05) is 18.7 Å². The summed E-state index contributed by atoms with van der Waals surface area (Å²) in [5.74, 6) is 2.63. The van der Waals surface area contributed by atoms with Gasteiger partial charge < -0.3 is 19.1 Å². The molecular formula is C24H30N2O4. The van der Waals surface area contributed by atoms with E-state index in [0.717, 1.165) is 24.3 Å². The Kier molecular flexibility index (Phi) is 5.84. The van der Waals surface area contributed by atoms with Crippen LogP contribution in [0.3, 0.4) is 0 Å². The van der Waals surface area contributed by atoms with Crippen molar-refractivity contribution in [2.45, 2.75) is 51.2 Å². The highest BCUT2D eigenvalue weighted by Crippen LogP contribution is 2.48. The lowest BCUT2D eigenvalue weighted by molar-refractivity contribution is -0.0141. The van der Waals surface area contributed by atoms with Crippen molar-refractivity contribution in [3.8, 4) is 11.5 Å². The minimum absolute atomic E-state index is 0.0523. The van der Waals surface area contributed by atoms with E-state index in [1.807, 2.05) is 57.3 Å². The molecule has 1 saturated heterocycles. The van der Waals surface area contributed by atoms with Gasteiger partial charge in [0.25, 0.3) is 0 Å². The number of rotatable bonds is 7. The molecule has 1 aromatic carbocycles. The predicted octanol–water partition coefficient (Wildman–Crippen LogP) is 4.65. The minimum Gasteiger partial charge on any atom is -0.493 e. The summed E-state index contributed by atoms with van der Waals surface area (Å²) in [7, 11) is 0. The molecule has 1 aliphatic carbocycles. The highest BCUT2D eigenvalue weighted by atomic mass is 16.6. The lowest BCUT2D eigenvalue weighted by Gasteiger charge is -2.40. The van der Waals surface area contributed by atoms with Crippen molar-refractivity contribution >= 4 is 6.09 Å². The van der Waals surface area contributed by atoms with E-state index in [4.69, 9.17) is 14.2 Å². The zero-order chi connectivity index (χ0) is 21.1. The van der Waals surface area contributed by atoms with Crippen LogP contribution < -0.4 is 9.47 Å². The van der Waals surface area contributed by atoms with Gasteiger partial charge in [-0.2, -0.15) is 0 Å². The molecule has 0 unspecified atom stereocenters. The Morgan fingerprint density at radius 3 is 2.57 bits per heavy atom. The highest BCUT2D eigenvalue weighted by Gasteiger charge is 2.39. The molecule has 30 heavy (non-hydrogen) atoms. The number of benzene rings is 1. The van der Waals surface area contributed by atoms with Crippen LogP contribution in [0.1, 0.15) is 45.1 Å². The molecule has 3 atom stereocenters. The maximum absolute atomic E-state index is 12.2. The molecule has 2 fully saturated rings. The Morgan fingerprint density at radius 1 is 1.10 bits per heavy atom. The molecule has 6 heteroatoms. The lowest BCUT2D eigenvalue weighted by atomic mass is 10.1. The van der Waals surface area contributed by atoms with Gasteiger partial charge >= 0.3 is 6.09 Å². The second-order valence-electron chi connectivity index (χ2n) is 9.11. The lowest BCUT2D eigenvalue weighted by Crippen LogP contribution is -2.55. The number of hydrogen-bond acceptors (Lipinski definition) is 5. The fourth-order valence-electron chi connectivity index (χ4n) is 3.64. The highest BCUT2D eigenvalue weighted by molar-refractivity contribution is 5.69. The molecule has 1 amide bonds. The van der Waals surface area contributed by atoms with Crippen LogP contribution in [-0.2, 0) is 4.74 Å². The summed E-state index contributed by atoms with van der Waals surface area (Å²) >= 11 is 0. The molecule has 2 aromatic rings. The molecule has 2 aliphatic rings. The summed E-state index contributed by atoms with van der Waals surface area (Å²) in [5, 5.41) is 0. The molecule has 1 aliphatic heterocycles. The summed E-state index contributed by atoms with van der Waals surface area (Å²) < 4.78 is 17.3. The van der Waals surface area contributed by atoms with Gasteiger partial charge in [-0.05, 0) is 63.3 Å². The van der Waals surface area contributed by atoms with Crippen molar-refractivity contribution in [2.75, 3.05) is 19.8 Å². The maximum atomic E-state index is 12.2. The van der Waals surface area contributed by atoms with Gasteiger partial charge in [0.15, 0.2) is 0 Å². The topological polar surface area (TPSA) is 60.9 Å². The Morgan fingerprint density at radius 2 is 1.87 bits per heavy atom. The van der Waals surface area contributed by atoms with Gasteiger partial charge in [-0.15, -0.1) is 0 Å². The van der Waals surface area contributed by atoms with Crippen LogP contribution >= 0.6 is 0 Å². The van der Waals surface area contributed by atoms with Crippen molar-refractivity contribution in [3.05, 3.63) is 54.4 Å². The van der Waals surface area contributed by atoms with Crippen LogP contribution in [-0.4, -0.2) is 47.4 Å². The number of pyridine rings is 1. The number of nitrogens with zero attached hydrogens (tertiary/aromatic N) is 2. The summed E-state index contributed by atoms with van der Waals surface area (Å²) in [6, 6.07) is 12.0. The molecule has 160 valence electrons. The summed E-state index contributed by atoms with van der Waals surface area (Å²) in [5.41, 5.74) is 0.702. The largest absolute Gasteiger partial charge is 0.493 e. The minimum atomic E-state index is -0.485. The second kappa shape index (κ2) is 8.54. The summed E-state index contributed by atoms with van der Waals surface area (Å²) in [6.07, 6.45) is 5.41. The van der Waals surface area contributed by atoms with Gasteiger partial charge in [0.2, 0.25) is 0 Å². The van der Waals surface area contributed by atoms with Crippen molar-refractivity contribution in [3.63, 3.8) is 0 Å². The first-order chi connectivity index (χ1) is 14.4. The number of likely N-dealkylation sites (tertiary alicyclic amines) is 1.